The number of hydrogen-bond donors (Lipinski definition) is 2. The van der Waals surface area contributed by atoms with E-state index in [9.17, 15) is 31.1 Å². The van der Waals surface area contributed by atoms with Gasteiger partial charge < -0.3 is 10.6 Å². The van der Waals surface area contributed by atoms with Crippen molar-refractivity contribution < 1.29 is 31.1 Å². The minimum absolute atomic E-state index is 0.00462. The van der Waals surface area contributed by atoms with Gasteiger partial charge >= 0.3 is 18.4 Å². The van der Waals surface area contributed by atoms with Crippen LogP contribution in [0.25, 0.3) is 0 Å². The molecule has 2 N–H and O–H groups in total. The fourth-order valence-electron chi connectivity index (χ4n) is 1.87. The van der Waals surface area contributed by atoms with Gasteiger partial charge in [0.1, 0.15) is 0 Å². The summed E-state index contributed by atoms with van der Waals surface area (Å²) < 4.78 is 75.7. The van der Waals surface area contributed by atoms with Crippen LogP contribution in [0.4, 0.5) is 42.5 Å². The summed E-state index contributed by atoms with van der Waals surface area (Å²) in [6, 6.07) is 6.83. The Bertz CT molecular complexity index is 722. The van der Waals surface area contributed by atoms with E-state index in [0.717, 1.165) is 36.4 Å². The van der Waals surface area contributed by atoms with Crippen LogP contribution in [0, 0.1) is 0 Å². The topological polar surface area (TPSA) is 41.1 Å². The number of carbonyl (C=O) groups excluding carboxylic acids is 1. The Kier molecular flexibility index (Phi) is 4.72. The van der Waals surface area contributed by atoms with E-state index >= 15 is 0 Å². The Hall–Kier alpha value is -2.71. The van der Waals surface area contributed by atoms with Crippen molar-refractivity contribution in [2.24, 2.45) is 0 Å². The zero-order chi connectivity index (χ0) is 18.0. The number of amides is 2. The highest BCUT2D eigenvalue weighted by Crippen LogP contribution is 2.34. The highest BCUT2D eigenvalue weighted by Gasteiger charge is 2.33. The van der Waals surface area contributed by atoms with E-state index in [4.69, 9.17) is 0 Å². The lowest BCUT2D eigenvalue weighted by molar-refractivity contribution is -0.138. The summed E-state index contributed by atoms with van der Waals surface area (Å²) in [5.74, 6) is 0. The first-order valence-corrected chi connectivity index (χ1v) is 6.49. The maximum absolute atomic E-state index is 12.8. The molecule has 2 amide bonds. The van der Waals surface area contributed by atoms with Crippen LogP contribution in [-0.4, -0.2) is 6.03 Å². The smallest absolute Gasteiger partial charge is 0.308 e. The van der Waals surface area contributed by atoms with Crippen molar-refractivity contribution in [1.29, 1.82) is 0 Å². The molecule has 0 saturated carbocycles. The van der Waals surface area contributed by atoms with Gasteiger partial charge in [-0.05, 0) is 36.4 Å². The van der Waals surface area contributed by atoms with Crippen molar-refractivity contribution in [3.8, 4) is 0 Å². The number of para-hydroxylation sites is 1. The minimum atomic E-state index is -4.65. The number of rotatable bonds is 2. The number of alkyl halides is 6. The van der Waals surface area contributed by atoms with Gasteiger partial charge in [0.2, 0.25) is 0 Å². The van der Waals surface area contributed by atoms with Crippen LogP contribution in [0.2, 0.25) is 0 Å². The molecule has 0 unspecified atom stereocenters. The van der Waals surface area contributed by atoms with Gasteiger partial charge in [-0.1, -0.05) is 12.1 Å². The zero-order valence-corrected chi connectivity index (χ0v) is 11.8. The monoisotopic (exact) mass is 348 g/mol. The van der Waals surface area contributed by atoms with Gasteiger partial charge in [0.25, 0.3) is 0 Å². The summed E-state index contributed by atoms with van der Waals surface area (Å²) in [6.07, 6.45) is -9.18. The summed E-state index contributed by atoms with van der Waals surface area (Å²) in [6.45, 7) is 0. The van der Waals surface area contributed by atoms with Gasteiger partial charge in [0.05, 0.1) is 16.8 Å². The number of nitrogens with one attached hydrogen (secondary N) is 2. The Morgan fingerprint density at radius 3 is 1.88 bits per heavy atom. The lowest BCUT2D eigenvalue weighted by Crippen LogP contribution is -2.21. The standard InChI is InChI=1S/C15H10F6N2O/c16-14(17,18)9-5-7-10(8-6-9)22-13(24)23-12-4-2-1-3-11(12)15(19,20)21/h1-8H,(H2,22,23,24). The first-order valence-electron chi connectivity index (χ1n) is 6.49. The quantitative estimate of drug-likeness (QED) is 0.704. The van der Waals surface area contributed by atoms with Crippen molar-refractivity contribution in [1.82, 2.24) is 0 Å². The highest BCUT2D eigenvalue weighted by atomic mass is 19.4. The Morgan fingerprint density at radius 2 is 1.33 bits per heavy atom. The number of hydrogen-bond acceptors (Lipinski definition) is 1. The van der Waals surface area contributed by atoms with Crippen LogP contribution in [-0.2, 0) is 12.4 Å². The summed E-state index contributed by atoms with van der Waals surface area (Å²) in [5, 5.41) is 4.18. The number of benzene rings is 2. The van der Waals surface area contributed by atoms with Crippen LogP contribution < -0.4 is 10.6 Å². The van der Waals surface area contributed by atoms with Crippen molar-refractivity contribution in [3.63, 3.8) is 0 Å². The average molecular weight is 348 g/mol. The second-order valence-electron chi connectivity index (χ2n) is 4.70. The zero-order valence-electron chi connectivity index (χ0n) is 11.8. The molecule has 0 atom stereocenters. The summed E-state index contributed by atoms with van der Waals surface area (Å²) in [5.41, 5.74) is -2.40. The molecule has 0 heterocycles. The van der Waals surface area contributed by atoms with Crippen LogP contribution in [0.3, 0.4) is 0 Å². The van der Waals surface area contributed by atoms with E-state index in [1.165, 1.54) is 12.1 Å². The van der Waals surface area contributed by atoms with Crippen molar-refractivity contribution in [2.75, 3.05) is 10.6 Å². The molecule has 0 spiro atoms. The van der Waals surface area contributed by atoms with Crippen LogP contribution >= 0.6 is 0 Å². The predicted octanol–water partition coefficient (Wildman–Crippen LogP) is 5.37. The molecule has 9 heteroatoms. The maximum Gasteiger partial charge on any atom is 0.418 e. The lowest BCUT2D eigenvalue weighted by atomic mass is 10.1. The van der Waals surface area contributed by atoms with Gasteiger partial charge in [-0.25, -0.2) is 4.79 Å². The maximum atomic E-state index is 12.8. The Morgan fingerprint density at radius 1 is 0.750 bits per heavy atom. The molecule has 0 saturated heterocycles. The van der Waals surface area contributed by atoms with Crippen molar-refractivity contribution >= 4 is 17.4 Å². The van der Waals surface area contributed by atoms with E-state index < -0.39 is 35.2 Å². The number of urea groups is 1. The van der Waals surface area contributed by atoms with E-state index in [1.54, 1.807) is 0 Å². The molecule has 0 bridgehead atoms. The Balaban J connectivity index is 2.10. The van der Waals surface area contributed by atoms with Crippen molar-refractivity contribution in [2.45, 2.75) is 12.4 Å². The van der Waals surface area contributed by atoms with E-state index in [0.29, 0.717) is 0 Å². The summed E-state index contributed by atoms with van der Waals surface area (Å²) in [4.78, 5) is 11.7. The molecule has 0 radical (unpaired) electrons. The molecule has 0 aliphatic carbocycles. The van der Waals surface area contributed by atoms with Gasteiger partial charge in [0.15, 0.2) is 0 Å². The minimum Gasteiger partial charge on any atom is -0.308 e. The van der Waals surface area contributed by atoms with Crippen molar-refractivity contribution in [3.05, 3.63) is 59.7 Å². The SMILES string of the molecule is O=C(Nc1ccc(C(F)(F)F)cc1)Nc1ccccc1C(F)(F)F. The predicted molar refractivity (Wildman–Crippen MR) is 75.5 cm³/mol. The third kappa shape index (κ3) is 4.40. The highest BCUT2D eigenvalue weighted by molar-refractivity contribution is 6.00. The van der Waals surface area contributed by atoms with E-state index in [-0.39, 0.29) is 5.69 Å². The van der Waals surface area contributed by atoms with Crippen LogP contribution in [0.5, 0.6) is 0 Å². The van der Waals surface area contributed by atoms with Gasteiger partial charge in [-0.2, -0.15) is 26.3 Å². The fraction of sp³-hybridized carbons (Fsp3) is 0.133. The molecule has 2 rings (SSSR count). The number of carbonyl (C=O) groups is 1. The molecule has 0 fully saturated rings. The summed E-state index contributed by atoms with van der Waals surface area (Å²) in [7, 11) is 0. The largest absolute Gasteiger partial charge is 0.418 e. The molecule has 2 aromatic carbocycles. The normalized spacial score (nSPS) is 11.9. The molecule has 24 heavy (non-hydrogen) atoms. The molecular formula is C15H10F6N2O. The second kappa shape index (κ2) is 6.42. The molecule has 0 aliphatic heterocycles. The molecule has 2 aromatic rings. The van der Waals surface area contributed by atoms with Crippen LogP contribution in [0.1, 0.15) is 11.1 Å². The number of halogens is 6. The molecule has 0 aromatic heterocycles. The Labute approximate surface area is 132 Å². The van der Waals surface area contributed by atoms with Gasteiger partial charge in [-0.15, -0.1) is 0 Å². The third-order valence-corrected chi connectivity index (χ3v) is 2.95. The molecular weight excluding hydrogens is 338 g/mol. The second-order valence-corrected chi connectivity index (χ2v) is 4.70. The molecule has 0 aliphatic rings. The van der Waals surface area contributed by atoms with E-state index in [1.807, 2.05) is 5.32 Å². The van der Waals surface area contributed by atoms with Gasteiger partial charge in [-0.3, -0.25) is 0 Å². The third-order valence-electron chi connectivity index (χ3n) is 2.95. The number of anilines is 2. The molecule has 3 nitrogen and oxygen atoms in total. The van der Waals surface area contributed by atoms with E-state index in [2.05, 4.69) is 5.32 Å². The lowest BCUT2D eigenvalue weighted by Gasteiger charge is -2.14. The van der Waals surface area contributed by atoms with Crippen LogP contribution in [0.15, 0.2) is 48.5 Å². The van der Waals surface area contributed by atoms with Gasteiger partial charge in [0, 0.05) is 5.69 Å². The first-order chi connectivity index (χ1) is 11.1. The first kappa shape index (κ1) is 17.6. The average Bonchev–Trinajstić information content (AvgIpc) is 2.46. The fourth-order valence-corrected chi connectivity index (χ4v) is 1.87. The molecule has 128 valence electrons. The summed E-state index contributed by atoms with van der Waals surface area (Å²) >= 11 is 0.